The van der Waals surface area contributed by atoms with Gasteiger partial charge in [0.15, 0.2) is 5.82 Å². The first kappa shape index (κ1) is 30.6. The lowest BCUT2D eigenvalue weighted by molar-refractivity contribution is -0.0499. The van der Waals surface area contributed by atoms with E-state index in [9.17, 15) is 13.9 Å². The fourth-order valence-electron chi connectivity index (χ4n) is 4.93. The number of phenols is 1. The summed E-state index contributed by atoms with van der Waals surface area (Å²) in [5.41, 5.74) is 4.94. The van der Waals surface area contributed by atoms with Crippen LogP contribution in [-0.4, -0.2) is 41.7 Å². The number of methoxy groups -OCH3 is 1. The van der Waals surface area contributed by atoms with Crippen LogP contribution in [0.2, 0.25) is 0 Å². The summed E-state index contributed by atoms with van der Waals surface area (Å²) in [6, 6.07) is 2.97. The van der Waals surface area contributed by atoms with E-state index in [0.717, 1.165) is 55.5 Å². The van der Waals surface area contributed by atoms with Gasteiger partial charge in [0.25, 0.3) is 0 Å². The molecule has 1 aromatic carbocycles. The van der Waals surface area contributed by atoms with E-state index < -0.39 is 6.61 Å². The van der Waals surface area contributed by atoms with Crippen LogP contribution in [0.5, 0.6) is 11.5 Å². The molecule has 0 amide bonds. The molecule has 1 atom stereocenters. The van der Waals surface area contributed by atoms with Crippen molar-refractivity contribution in [2.45, 2.75) is 104 Å². The van der Waals surface area contributed by atoms with Crippen molar-refractivity contribution in [3.05, 3.63) is 40.6 Å². The number of anilines is 1. The minimum absolute atomic E-state index is 0.0946. The van der Waals surface area contributed by atoms with Crippen LogP contribution in [0.1, 0.15) is 88.3 Å². The molecule has 0 spiro atoms. The molecule has 1 heterocycles. The molecular formula is C30H44F2N4O3. The molecule has 0 saturated heterocycles. The first-order chi connectivity index (χ1) is 18.9. The Morgan fingerprint density at radius 3 is 2.51 bits per heavy atom. The van der Waals surface area contributed by atoms with Crippen LogP contribution in [0.3, 0.4) is 0 Å². The van der Waals surface area contributed by atoms with Gasteiger partial charge in [0.2, 0.25) is 0 Å². The Kier molecular flexibility index (Phi) is 12.2. The number of aromatic hydroxyl groups is 1. The molecule has 2 aromatic rings. The number of hydrogen-bond donors (Lipinski definition) is 3. The lowest BCUT2D eigenvalue weighted by Gasteiger charge is -2.24. The minimum Gasteiger partial charge on any atom is -0.507 e. The third-order valence-corrected chi connectivity index (χ3v) is 7.28. The monoisotopic (exact) mass is 546 g/mol. The van der Waals surface area contributed by atoms with Gasteiger partial charge in [-0.05, 0) is 75.3 Å². The molecule has 3 rings (SSSR count). The van der Waals surface area contributed by atoms with Crippen molar-refractivity contribution in [2.75, 3.05) is 19.0 Å². The van der Waals surface area contributed by atoms with Crippen molar-refractivity contribution < 1.29 is 23.4 Å². The third kappa shape index (κ3) is 8.78. The van der Waals surface area contributed by atoms with E-state index in [4.69, 9.17) is 4.74 Å². The molecule has 1 aromatic heterocycles. The highest BCUT2D eigenvalue weighted by molar-refractivity contribution is 5.76. The predicted molar refractivity (Wildman–Crippen MR) is 151 cm³/mol. The molecule has 1 saturated carbocycles. The molecule has 1 unspecified atom stereocenters. The number of aryl methyl sites for hydroxylation is 1. The molecule has 9 heteroatoms. The van der Waals surface area contributed by atoms with Gasteiger partial charge in [-0.2, -0.15) is 8.78 Å². The lowest BCUT2D eigenvalue weighted by Crippen LogP contribution is -2.23. The van der Waals surface area contributed by atoms with Gasteiger partial charge in [0.1, 0.15) is 17.2 Å². The summed E-state index contributed by atoms with van der Waals surface area (Å²) in [4.78, 5) is 0. The maximum absolute atomic E-state index is 12.8. The van der Waals surface area contributed by atoms with E-state index in [1.165, 1.54) is 37.0 Å². The highest BCUT2D eigenvalue weighted by Crippen LogP contribution is 2.39. The van der Waals surface area contributed by atoms with E-state index in [0.29, 0.717) is 36.4 Å². The first-order valence-corrected chi connectivity index (χ1v) is 14.2. The van der Waals surface area contributed by atoms with Crippen molar-refractivity contribution in [3.8, 4) is 22.8 Å². The Hall–Kier alpha value is -2.94. The second-order valence-corrected chi connectivity index (χ2v) is 10.2. The third-order valence-electron chi connectivity index (χ3n) is 7.28. The van der Waals surface area contributed by atoms with Crippen molar-refractivity contribution in [1.82, 2.24) is 15.5 Å². The number of rotatable bonds is 17. The smallest absolute Gasteiger partial charge is 0.387 e. The van der Waals surface area contributed by atoms with E-state index in [1.54, 1.807) is 14.0 Å². The van der Waals surface area contributed by atoms with Crippen molar-refractivity contribution in [1.29, 1.82) is 0 Å². The second-order valence-electron chi connectivity index (χ2n) is 10.2. The van der Waals surface area contributed by atoms with Crippen LogP contribution in [-0.2, 0) is 17.7 Å². The quantitative estimate of drug-likeness (QED) is 0.180. The number of hydrogen-bond acceptors (Lipinski definition) is 7. The van der Waals surface area contributed by atoms with Crippen LogP contribution >= 0.6 is 0 Å². The summed E-state index contributed by atoms with van der Waals surface area (Å²) in [7, 11) is 1.67. The molecule has 1 aliphatic carbocycles. The molecule has 1 aliphatic rings. The summed E-state index contributed by atoms with van der Waals surface area (Å²) >= 11 is 0. The van der Waals surface area contributed by atoms with Crippen LogP contribution in [0.15, 0.2) is 23.9 Å². The van der Waals surface area contributed by atoms with Crippen LogP contribution in [0.4, 0.5) is 14.6 Å². The highest BCUT2D eigenvalue weighted by atomic mass is 19.3. The summed E-state index contributed by atoms with van der Waals surface area (Å²) in [6.07, 6.45) is 12.5. The summed E-state index contributed by atoms with van der Waals surface area (Å²) < 4.78 is 35.5. The molecular weight excluding hydrogens is 502 g/mol. The molecule has 0 aliphatic heterocycles. The minimum atomic E-state index is -2.98. The number of halogens is 2. The number of ether oxygens (including phenoxy) is 2. The van der Waals surface area contributed by atoms with Gasteiger partial charge in [-0.1, -0.05) is 38.7 Å². The number of aromatic nitrogens is 2. The zero-order valence-electron chi connectivity index (χ0n) is 23.8. The van der Waals surface area contributed by atoms with Gasteiger partial charge in [0, 0.05) is 43.5 Å². The van der Waals surface area contributed by atoms with Crippen molar-refractivity contribution in [2.24, 2.45) is 0 Å². The normalized spacial score (nSPS) is 13.8. The average molecular weight is 547 g/mol. The van der Waals surface area contributed by atoms with Gasteiger partial charge in [-0.15, -0.1) is 10.2 Å². The largest absolute Gasteiger partial charge is 0.507 e. The van der Waals surface area contributed by atoms with Gasteiger partial charge >= 0.3 is 6.61 Å². The fraction of sp³-hybridized carbons (Fsp3) is 0.600. The van der Waals surface area contributed by atoms with Crippen LogP contribution < -0.4 is 15.4 Å². The Labute approximate surface area is 231 Å². The number of unbranched alkanes of at least 4 members (excludes halogenated alkanes) is 2. The number of nitrogens with zero attached hydrogens (tertiary/aromatic N) is 2. The lowest BCUT2D eigenvalue weighted by atomic mass is 9.93. The van der Waals surface area contributed by atoms with Gasteiger partial charge in [-0.25, -0.2) is 0 Å². The SMILES string of the molecule is CCCCCC(CC)Nc1nnc(-c2c(C)cc(OC(F)F)cc2O)c(CCCOC)c1CNC=C1CCC1. The summed E-state index contributed by atoms with van der Waals surface area (Å²) in [5, 5.41) is 27.3. The number of nitrogens with one attached hydrogen (secondary N) is 2. The molecule has 3 N–H and O–H groups in total. The number of allylic oxidation sites excluding steroid dienone is 1. The van der Waals surface area contributed by atoms with Gasteiger partial charge in [0.05, 0.1) is 0 Å². The topological polar surface area (TPSA) is 88.5 Å². The molecule has 0 bridgehead atoms. The van der Waals surface area contributed by atoms with Gasteiger partial charge < -0.3 is 25.2 Å². The summed E-state index contributed by atoms with van der Waals surface area (Å²) in [6.45, 7) is 4.27. The first-order valence-electron chi connectivity index (χ1n) is 14.2. The van der Waals surface area contributed by atoms with Crippen LogP contribution in [0.25, 0.3) is 11.3 Å². The molecule has 39 heavy (non-hydrogen) atoms. The second kappa shape index (κ2) is 15.6. The molecule has 0 radical (unpaired) electrons. The summed E-state index contributed by atoms with van der Waals surface area (Å²) in [5.74, 6) is 0.474. The van der Waals surface area contributed by atoms with E-state index in [2.05, 4.69) is 45.6 Å². The van der Waals surface area contributed by atoms with Crippen molar-refractivity contribution >= 4 is 5.82 Å². The Balaban J connectivity index is 2.07. The maximum atomic E-state index is 12.8. The Morgan fingerprint density at radius 2 is 1.90 bits per heavy atom. The maximum Gasteiger partial charge on any atom is 0.387 e. The highest BCUT2D eigenvalue weighted by Gasteiger charge is 2.23. The fourth-order valence-corrected chi connectivity index (χ4v) is 4.93. The Bertz CT molecular complexity index is 1070. The molecule has 216 valence electrons. The van der Waals surface area contributed by atoms with Gasteiger partial charge in [-0.3, -0.25) is 0 Å². The Morgan fingerprint density at radius 1 is 1.10 bits per heavy atom. The van der Waals surface area contributed by atoms with Crippen molar-refractivity contribution in [3.63, 3.8) is 0 Å². The van der Waals surface area contributed by atoms with E-state index in [-0.39, 0.29) is 17.5 Å². The molecule has 7 nitrogen and oxygen atoms in total. The van der Waals surface area contributed by atoms with E-state index >= 15 is 0 Å². The zero-order valence-corrected chi connectivity index (χ0v) is 23.8. The average Bonchev–Trinajstić information content (AvgIpc) is 2.86. The number of alkyl halides is 2. The number of phenolic OH excluding ortho intramolecular Hbond substituents is 1. The number of benzene rings is 1. The standard InChI is InChI=1S/C30H44F2N4O3/c1-5-7-8-13-22(6-2)34-29-25(19-33-18-21-11-9-12-21)24(14-10-15-38-4)28(35-36-29)27-20(3)16-23(17-26(27)37)39-30(31)32/h16-18,22,30,33,37H,5-15,19H2,1-4H3,(H,34,36). The molecule has 1 fully saturated rings. The van der Waals surface area contributed by atoms with E-state index in [1.807, 2.05) is 0 Å². The van der Waals surface area contributed by atoms with Crippen LogP contribution in [0, 0.1) is 6.92 Å². The predicted octanol–water partition coefficient (Wildman–Crippen LogP) is 7.27. The zero-order chi connectivity index (χ0) is 28.2.